The fourth-order valence-electron chi connectivity index (χ4n) is 3.80. The van der Waals surface area contributed by atoms with E-state index in [0.717, 1.165) is 11.3 Å². The maximum atomic E-state index is 13.2. The van der Waals surface area contributed by atoms with Crippen LogP contribution in [0.4, 0.5) is 10.5 Å². The summed E-state index contributed by atoms with van der Waals surface area (Å²) in [6, 6.07) is 12.4. The van der Waals surface area contributed by atoms with Crippen LogP contribution in [0.3, 0.4) is 0 Å². The second-order valence-electron chi connectivity index (χ2n) is 8.47. The third kappa shape index (κ3) is 7.38. The molecule has 0 saturated carbocycles. The normalized spacial score (nSPS) is 11.5. The van der Waals surface area contributed by atoms with E-state index in [0.29, 0.717) is 28.4 Å². The molecule has 0 spiro atoms. The van der Waals surface area contributed by atoms with E-state index in [2.05, 4.69) is 41.3 Å². The first-order valence-electron chi connectivity index (χ1n) is 11.9. The molecule has 0 aliphatic heterocycles. The Kier molecular flexibility index (Phi) is 8.84. The van der Waals surface area contributed by atoms with E-state index >= 15 is 0 Å². The molecule has 4 rings (SSSR count). The van der Waals surface area contributed by atoms with E-state index in [4.69, 9.17) is 11.6 Å². The summed E-state index contributed by atoms with van der Waals surface area (Å²) >= 11 is 6.19. The van der Waals surface area contributed by atoms with Gasteiger partial charge >= 0.3 is 6.09 Å². The highest BCUT2D eigenvalue weighted by Gasteiger charge is 2.23. The molecule has 1 atom stereocenters. The molecule has 0 fully saturated rings. The van der Waals surface area contributed by atoms with Crippen LogP contribution in [0.1, 0.15) is 21.6 Å². The van der Waals surface area contributed by atoms with E-state index < -0.39 is 18.0 Å². The fourth-order valence-corrected chi connectivity index (χ4v) is 3.99. The summed E-state index contributed by atoms with van der Waals surface area (Å²) in [6.45, 7) is 0.275. The first kappa shape index (κ1) is 27.3. The van der Waals surface area contributed by atoms with Gasteiger partial charge in [-0.2, -0.15) is 5.10 Å². The number of ether oxygens (including phenoxy) is 1. The van der Waals surface area contributed by atoms with Gasteiger partial charge in [-0.25, -0.2) is 9.48 Å². The van der Waals surface area contributed by atoms with Gasteiger partial charge in [0.05, 0.1) is 18.5 Å². The molecule has 2 aromatic carbocycles. The van der Waals surface area contributed by atoms with Crippen molar-refractivity contribution >= 4 is 35.2 Å². The molecule has 4 aromatic rings. The minimum absolute atomic E-state index is 0.188. The zero-order valence-corrected chi connectivity index (χ0v) is 21.9. The minimum Gasteiger partial charge on any atom is -0.453 e. The number of nitrogens with one attached hydrogen (secondary N) is 3. The highest BCUT2D eigenvalue weighted by atomic mass is 35.5. The number of rotatable bonds is 10. The van der Waals surface area contributed by atoms with Gasteiger partial charge in [-0.1, -0.05) is 11.6 Å². The minimum atomic E-state index is -0.890. The summed E-state index contributed by atoms with van der Waals surface area (Å²) in [6.07, 6.45) is 3.25. The number of anilines is 1. The van der Waals surface area contributed by atoms with Crippen LogP contribution >= 0.6 is 11.6 Å². The Labute approximate surface area is 228 Å². The Morgan fingerprint density at radius 3 is 2.56 bits per heavy atom. The molecule has 13 nitrogen and oxygen atoms in total. The molecular weight excluding hydrogens is 526 g/mol. The molecule has 2 heterocycles. The van der Waals surface area contributed by atoms with Gasteiger partial charge in [0.25, 0.3) is 5.91 Å². The van der Waals surface area contributed by atoms with Gasteiger partial charge < -0.3 is 15.4 Å². The van der Waals surface area contributed by atoms with Crippen LogP contribution in [0, 0.1) is 0 Å². The van der Waals surface area contributed by atoms with Crippen LogP contribution in [-0.4, -0.2) is 67.6 Å². The molecule has 0 unspecified atom stereocenters. The molecule has 39 heavy (non-hydrogen) atoms. The standard InChI is InChI=1S/C25H26ClN9O4/c1-34-12-10-20(31-34)14-21(30-23(36)16-3-6-19(7-4-16)29-25(38)39-2)24(37)27-11-9-17-13-18(26)5-8-22(17)35-15-28-32-33-35/h3-8,10,12-13,15,21H,9,11,14H2,1-2H3,(H,27,37)(H,29,38)(H,30,36)/t21-/m0/s1. The van der Waals surface area contributed by atoms with E-state index in [1.54, 1.807) is 54.3 Å². The largest absolute Gasteiger partial charge is 0.453 e. The summed E-state index contributed by atoms with van der Waals surface area (Å²) in [5, 5.41) is 24.3. The van der Waals surface area contributed by atoms with Crippen molar-refractivity contribution in [2.75, 3.05) is 19.0 Å². The molecule has 0 bridgehead atoms. The number of carbonyl (C=O) groups excluding carboxylic acids is 3. The molecule has 0 aliphatic rings. The van der Waals surface area contributed by atoms with Gasteiger partial charge in [-0.15, -0.1) is 5.10 Å². The topological polar surface area (TPSA) is 158 Å². The highest BCUT2D eigenvalue weighted by molar-refractivity contribution is 6.30. The van der Waals surface area contributed by atoms with Crippen molar-refractivity contribution in [3.05, 3.63) is 82.9 Å². The smallest absolute Gasteiger partial charge is 0.411 e. The van der Waals surface area contributed by atoms with Crippen LogP contribution in [-0.2, 0) is 29.4 Å². The van der Waals surface area contributed by atoms with Crippen molar-refractivity contribution in [3.8, 4) is 5.69 Å². The Morgan fingerprint density at radius 1 is 1.10 bits per heavy atom. The summed E-state index contributed by atoms with van der Waals surface area (Å²) < 4.78 is 7.70. The lowest BCUT2D eigenvalue weighted by atomic mass is 10.1. The maximum Gasteiger partial charge on any atom is 0.411 e. The lowest BCUT2D eigenvalue weighted by molar-refractivity contribution is -0.122. The number of tetrazole rings is 1. The zero-order chi connectivity index (χ0) is 27.8. The van der Waals surface area contributed by atoms with E-state index in [1.165, 1.54) is 30.3 Å². The van der Waals surface area contributed by atoms with E-state index in [9.17, 15) is 14.4 Å². The predicted octanol–water partition coefficient (Wildman–Crippen LogP) is 1.93. The molecule has 2 aromatic heterocycles. The average Bonchev–Trinajstić information content (AvgIpc) is 3.60. The maximum absolute atomic E-state index is 13.2. The van der Waals surface area contributed by atoms with Crippen molar-refractivity contribution in [1.29, 1.82) is 0 Å². The first-order chi connectivity index (χ1) is 18.8. The number of amides is 3. The van der Waals surface area contributed by atoms with Crippen LogP contribution in [0.15, 0.2) is 61.1 Å². The number of hydrogen-bond donors (Lipinski definition) is 3. The lowest BCUT2D eigenvalue weighted by Crippen LogP contribution is -2.48. The van der Waals surface area contributed by atoms with E-state index in [-0.39, 0.29) is 18.9 Å². The predicted molar refractivity (Wildman–Crippen MR) is 142 cm³/mol. The van der Waals surface area contributed by atoms with Crippen LogP contribution in [0.25, 0.3) is 5.69 Å². The van der Waals surface area contributed by atoms with Gasteiger partial charge in [0.1, 0.15) is 12.4 Å². The Bertz CT molecular complexity index is 1440. The first-order valence-corrected chi connectivity index (χ1v) is 12.2. The van der Waals surface area contributed by atoms with Crippen LogP contribution in [0.2, 0.25) is 5.02 Å². The molecular formula is C25H26ClN9O4. The number of aryl methyl sites for hydroxylation is 1. The monoisotopic (exact) mass is 551 g/mol. The molecule has 3 amide bonds. The molecule has 3 N–H and O–H groups in total. The number of nitrogens with zero attached hydrogens (tertiary/aromatic N) is 6. The Balaban J connectivity index is 1.43. The summed E-state index contributed by atoms with van der Waals surface area (Å²) in [4.78, 5) is 37.6. The van der Waals surface area contributed by atoms with Crippen molar-refractivity contribution in [2.45, 2.75) is 18.9 Å². The van der Waals surface area contributed by atoms with Gasteiger partial charge in [0.15, 0.2) is 0 Å². The van der Waals surface area contributed by atoms with Gasteiger partial charge in [-0.3, -0.25) is 19.6 Å². The number of benzene rings is 2. The highest BCUT2D eigenvalue weighted by Crippen LogP contribution is 2.19. The Morgan fingerprint density at radius 2 is 1.90 bits per heavy atom. The second-order valence-corrected chi connectivity index (χ2v) is 8.91. The summed E-state index contributed by atoms with van der Waals surface area (Å²) in [5.74, 6) is -0.824. The zero-order valence-electron chi connectivity index (χ0n) is 21.2. The lowest BCUT2D eigenvalue weighted by Gasteiger charge is -2.18. The fraction of sp³-hybridized carbons (Fsp3) is 0.240. The van der Waals surface area contributed by atoms with Gasteiger partial charge in [0, 0.05) is 42.5 Å². The molecule has 202 valence electrons. The van der Waals surface area contributed by atoms with Crippen molar-refractivity contribution in [3.63, 3.8) is 0 Å². The second kappa shape index (κ2) is 12.6. The Hall–Kier alpha value is -4.78. The third-order valence-electron chi connectivity index (χ3n) is 5.71. The molecule has 0 radical (unpaired) electrons. The number of carbonyl (C=O) groups is 3. The molecule has 0 aliphatic carbocycles. The number of halogens is 1. The number of hydrogen-bond acceptors (Lipinski definition) is 8. The van der Waals surface area contributed by atoms with Crippen molar-refractivity contribution in [2.24, 2.45) is 7.05 Å². The van der Waals surface area contributed by atoms with E-state index in [1.807, 2.05) is 0 Å². The average molecular weight is 552 g/mol. The van der Waals surface area contributed by atoms with Crippen LogP contribution < -0.4 is 16.0 Å². The number of aromatic nitrogens is 6. The molecule has 14 heteroatoms. The van der Waals surface area contributed by atoms with Gasteiger partial charge in [0.2, 0.25) is 5.91 Å². The third-order valence-corrected chi connectivity index (χ3v) is 5.95. The van der Waals surface area contributed by atoms with Gasteiger partial charge in [-0.05, 0) is 70.9 Å². The quantitative estimate of drug-likeness (QED) is 0.270. The summed E-state index contributed by atoms with van der Waals surface area (Å²) in [5.41, 5.74) is 2.99. The molecule has 0 saturated heterocycles. The van der Waals surface area contributed by atoms with Crippen molar-refractivity contribution < 1.29 is 19.1 Å². The summed E-state index contributed by atoms with van der Waals surface area (Å²) in [7, 11) is 3.03. The van der Waals surface area contributed by atoms with Crippen LogP contribution in [0.5, 0.6) is 0 Å². The number of methoxy groups -OCH3 is 1. The van der Waals surface area contributed by atoms with Crippen molar-refractivity contribution in [1.82, 2.24) is 40.6 Å². The SMILES string of the molecule is COC(=O)Nc1ccc(C(=O)N[C@@H](Cc2ccn(C)n2)C(=O)NCCc2cc(Cl)ccc2-n2cnnn2)cc1.